The molecule has 0 aliphatic carbocycles. The molecule has 1 aliphatic rings. The van der Waals surface area contributed by atoms with Gasteiger partial charge in [-0.2, -0.15) is 0 Å². The number of rotatable bonds is 0. The standard InChI is InChI=1S/C8H13NO/c1-10-8-6-4-2-3-5-7-9-8/h2-3H,4-7H2,1H3/b3-2-,9-8+. The lowest BCUT2D eigenvalue weighted by Gasteiger charge is -2.04. The fraction of sp³-hybridized carbons (Fsp3) is 0.625. The number of ether oxygens (including phenoxy) is 1. The highest BCUT2D eigenvalue weighted by Crippen LogP contribution is 2.01. The molecule has 10 heavy (non-hydrogen) atoms. The Morgan fingerprint density at radius 3 is 3.00 bits per heavy atom. The molecule has 0 fully saturated rings. The Labute approximate surface area is 61.6 Å². The lowest BCUT2D eigenvalue weighted by atomic mass is 10.2. The fourth-order valence-electron chi connectivity index (χ4n) is 0.952. The average Bonchev–Trinajstić information content (AvgIpc) is 1.87. The van der Waals surface area contributed by atoms with Crippen LogP contribution in [0.3, 0.4) is 0 Å². The van der Waals surface area contributed by atoms with Crippen molar-refractivity contribution < 1.29 is 4.74 Å². The maximum atomic E-state index is 5.04. The number of aliphatic imine (C=N–C) groups is 1. The topological polar surface area (TPSA) is 21.6 Å². The first-order valence-corrected chi connectivity index (χ1v) is 3.66. The summed E-state index contributed by atoms with van der Waals surface area (Å²) in [5, 5.41) is 0. The van der Waals surface area contributed by atoms with E-state index in [-0.39, 0.29) is 0 Å². The number of allylic oxidation sites excluding steroid dienone is 1. The molecule has 0 saturated carbocycles. The SMILES string of the molecule is CO/C1=N/CC/C=C\CC1. The summed E-state index contributed by atoms with van der Waals surface area (Å²) >= 11 is 0. The zero-order chi connectivity index (χ0) is 7.23. The van der Waals surface area contributed by atoms with Crippen LogP contribution in [0.1, 0.15) is 19.3 Å². The predicted octanol–water partition coefficient (Wildman–Crippen LogP) is 1.77. The van der Waals surface area contributed by atoms with E-state index in [9.17, 15) is 0 Å². The summed E-state index contributed by atoms with van der Waals surface area (Å²) in [5.74, 6) is 0.893. The van der Waals surface area contributed by atoms with Gasteiger partial charge < -0.3 is 4.74 Å². The first-order chi connectivity index (χ1) is 4.93. The van der Waals surface area contributed by atoms with Crippen LogP contribution in [-0.4, -0.2) is 19.6 Å². The summed E-state index contributed by atoms with van der Waals surface area (Å²) in [6.07, 6.45) is 7.43. The Balaban J connectivity index is 2.41. The number of nitrogens with zero attached hydrogens (tertiary/aromatic N) is 1. The summed E-state index contributed by atoms with van der Waals surface area (Å²) in [6, 6.07) is 0. The van der Waals surface area contributed by atoms with Crippen LogP contribution < -0.4 is 0 Å². The minimum Gasteiger partial charge on any atom is -0.484 e. The molecular formula is C8H13NO. The van der Waals surface area contributed by atoms with Gasteiger partial charge in [-0.3, -0.25) is 4.99 Å². The van der Waals surface area contributed by atoms with Crippen molar-refractivity contribution in [2.24, 2.45) is 4.99 Å². The fourth-order valence-corrected chi connectivity index (χ4v) is 0.952. The van der Waals surface area contributed by atoms with Crippen LogP contribution in [0.2, 0.25) is 0 Å². The van der Waals surface area contributed by atoms with E-state index in [1.807, 2.05) is 0 Å². The highest BCUT2D eigenvalue weighted by atomic mass is 16.5. The van der Waals surface area contributed by atoms with E-state index in [4.69, 9.17) is 4.74 Å². The van der Waals surface area contributed by atoms with Gasteiger partial charge in [0.05, 0.1) is 7.11 Å². The summed E-state index contributed by atoms with van der Waals surface area (Å²) in [5.41, 5.74) is 0. The van der Waals surface area contributed by atoms with Gasteiger partial charge in [0, 0.05) is 13.0 Å². The molecule has 0 atom stereocenters. The molecule has 0 radical (unpaired) electrons. The van der Waals surface area contributed by atoms with Gasteiger partial charge >= 0.3 is 0 Å². The second-order valence-corrected chi connectivity index (χ2v) is 2.28. The molecule has 0 aromatic heterocycles. The molecule has 0 aromatic rings. The number of hydrogen-bond donors (Lipinski definition) is 0. The average molecular weight is 139 g/mol. The zero-order valence-corrected chi connectivity index (χ0v) is 6.34. The van der Waals surface area contributed by atoms with Crippen LogP contribution in [-0.2, 0) is 4.74 Å². The van der Waals surface area contributed by atoms with Gasteiger partial charge in [0.2, 0.25) is 0 Å². The third kappa shape index (κ3) is 2.21. The van der Waals surface area contributed by atoms with E-state index >= 15 is 0 Å². The second kappa shape index (κ2) is 4.09. The van der Waals surface area contributed by atoms with Crippen LogP contribution in [0.4, 0.5) is 0 Å². The molecule has 0 spiro atoms. The first-order valence-electron chi connectivity index (χ1n) is 3.66. The van der Waals surface area contributed by atoms with Crippen LogP contribution in [0.5, 0.6) is 0 Å². The Hall–Kier alpha value is -0.790. The third-order valence-corrected chi connectivity index (χ3v) is 1.51. The molecule has 0 unspecified atom stereocenters. The molecule has 2 nitrogen and oxygen atoms in total. The molecule has 1 rings (SSSR count). The lowest BCUT2D eigenvalue weighted by molar-refractivity contribution is 0.387. The van der Waals surface area contributed by atoms with E-state index in [0.717, 1.165) is 31.7 Å². The highest BCUT2D eigenvalue weighted by Gasteiger charge is 1.97. The maximum absolute atomic E-state index is 5.04. The van der Waals surface area contributed by atoms with E-state index in [0.29, 0.717) is 0 Å². The van der Waals surface area contributed by atoms with Gasteiger partial charge in [0.25, 0.3) is 0 Å². The van der Waals surface area contributed by atoms with E-state index < -0.39 is 0 Å². The van der Waals surface area contributed by atoms with E-state index in [1.54, 1.807) is 7.11 Å². The predicted molar refractivity (Wildman–Crippen MR) is 42.3 cm³/mol. The van der Waals surface area contributed by atoms with Crippen LogP contribution >= 0.6 is 0 Å². The van der Waals surface area contributed by atoms with Crippen molar-refractivity contribution in [1.82, 2.24) is 0 Å². The molecule has 0 N–H and O–H groups in total. The molecular weight excluding hydrogens is 126 g/mol. The van der Waals surface area contributed by atoms with E-state index in [2.05, 4.69) is 17.1 Å². The zero-order valence-electron chi connectivity index (χ0n) is 6.34. The minimum absolute atomic E-state index is 0.875. The molecule has 1 heterocycles. The monoisotopic (exact) mass is 139 g/mol. The van der Waals surface area contributed by atoms with Crippen molar-refractivity contribution >= 4 is 5.90 Å². The lowest BCUT2D eigenvalue weighted by Crippen LogP contribution is -2.02. The normalized spacial score (nSPS) is 27.5. The largest absolute Gasteiger partial charge is 0.484 e. The van der Waals surface area contributed by atoms with Gasteiger partial charge in [-0.15, -0.1) is 0 Å². The third-order valence-electron chi connectivity index (χ3n) is 1.51. The number of hydrogen-bond acceptors (Lipinski definition) is 2. The summed E-state index contributed by atoms with van der Waals surface area (Å²) < 4.78 is 5.04. The van der Waals surface area contributed by atoms with Gasteiger partial charge in [-0.05, 0) is 12.8 Å². The molecule has 1 aliphatic heterocycles. The van der Waals surface area contributed by atoms with Gasteiger partial charge in [-0.1, -0.05) is 12.2 Å². The number of methoxy groups -OCH3 is 1. The smallest absolute Gasteiger partial charge is 0.183 e. The highest BCUT2D eigenvalue weighted by molar-refractivity contribution is 5.76. The van der Waals surface area contributed by atoms with Crippen molar-refractivity contribution in [2.75, 3.05) is 13.7 Å². The molecule has 2 heteroatoms. The van der Waals surface area contributed by atoms with Gasteiger partial charge in [0.1, 0.15) is 0 Å². The van der Waals surface area contributed by atoms with Crippen LogP contribution in [0.15, 0.2) is 17.1 Å². The summed E-state index contributed by atoms with van der Waals surface area (Å²) in [6.45, 7) is 0.875. The van der Waals surface area contributed by atoms with Crippen molar-refractivity contribution in [1.29, 1.82) is 0 Å². The van der Waals surface area contributed by atoms with Crippen molar-refractivity contribution in [2.45, 2.75) is 19.3 Å². The second-order valence-electron chi connectivity index (χ2n) is 2.28. The molecule has 0 aromatic carbocycles. The Morgan fingerprint density at radius 2 is 2.20 bits per heavy atom. The van der Waals surface area contributed by atoms with Crippen molar-refractivity contribution in [3.8, 4) is 0 Å². The Bertz CT molecular complexity index is 149. The quantitative estimate of drug-likeness (QED) is 0.469. The van der Waals surface area contributed by atoms with Crippen molar-refractivity contribution in [3.63, 3.8) is 0 Å². The van der Waals surface area contributed by atoms with E-state index in [1.165, 1.54) is 0 Å². The Kier molecular flexibility index (Phi) is 3.00. The Morgan fingerprint density at radius 1 is 1.40 bits per heavy atom. The molecule has 56 valence electrons. The summed E-state index contributed by atoms with van der Waals surface area (Å²) in [4.78, 5) is 4.24. The summed E-state index contributed by atoms with van der Waals surface area (Å²) in [7, 11) is 1.68. The van der Waals surface area contributed by atoms with Gasteiger partial charge in [0.15, 0.2) is 5.90 Å². The molecule has 0 bridgehead atoms. The molecule has 0 amide bonds. The van der Waals surface area contributed by atoms with Crippen molar-refractivity contribution in [3.05, 3.63) is 12.2 Å². The minimum atomic E-state index is 0.875. The first kappa shape index (κ1) is 7.32. The van der Waals surface area contributed by atoms with Crippen LogP contribution in [0.25, 0.3) is 0 Å². The maximum Gasteiger partial charge on any atom is 0.183 e. The molecule has 0 saturated heterocycles. The van der Waals surface area contributed by atoms with Crippen LogP contribution in [0, 0.1) is 0 Å². The van der Waals surface area contributed by atoms with Gasteiger partial charge in [-0.25, -0.2) is 0 Å².